The van der Waals surface area contributed by atoms with E-state index in [1.165, 1.54) is 24.8 Å². The number of rotatable bonds is 6. The molecular weight excluding hydrogens is 453 g/mol. The Morgan fingerprint density at radius 1 is 1.15 bits per heavy atom. The molecule has 146 valence electrons. The number of benzene rings is 2. The lowest BCUT2D eigenvalue weighted by atomic mass is 9.64. The molecule has 0 spiro atoms. The van der Waals surface area contributed by atoms with Gasteiger partial charge in [0.15, 0.2) is 5.96 Å². The lowest BCUT2D eigenvalue weighted by Gasteiger charge is -2.43. The molecule has 0 amide bonds. The molecule has 5 nitrogen and oxygen atoms in total. The summed E-state index contributed by atoms with van der Waals surface area (Å²) in [6.45, 7) is 1.32. The molecule has 1 aliphatic carbocycles. The van der Waals surface area contributed by atoms with Crippen molar-refractivity contribution in [3.05, 3.63) is 59.7 Å². The van der Waals surface area contributed by atoms with Gasteiger partial charge in [-0.05, 0) is 36.6 Å². The van der Waals surface area contributed by atoms with Gasteiger partial charge in [0.25, 0.3) is 0 Å². The highest BCUT2D eigenvalue weighted by molar-refractivity contribution is 14.0. The van der Waals surface area contributed by atoms with E-state index in [0.29, 0.717) is 6.54 Å². The predicted molar refractivity (Wildman–Crippen MR) is 120 cm³/mol. The molecule has 1 fully saturated rings. The monoisotopic (exact) mass is 481 g/mol. The maximum absolute atomic E-state index is 10.0. The summed E-state index contributed by atoms with van der Waals surface area (Å²) in [6, 6.07) is 15.9. The number of phenols is 1. The van der Waals surface area contributed by atoms with Gasteiger partial charge in [-0.25, -0.2) is 0 Å². The average molecular weight is 481 g/mol. The molecule has 3 N–H and O–H groups in total. The Balaban J connectivity index is 0.00000261. The van der Waals surface area contributed by atoms with Crippen molar-refractivity contribution in [2.75, 3.05) is 20.7 Å². The van der Waals surface area contributed by atoms with Gasteiger partial charge in [-0.15, -0.1) is 24.0 Å². The maximum atomic E-state index is 10.0. The van der Waals surface area contributed by atoms with Crippen molar-refractivity contribution in [2.45, 2.75) is 31.2 Å². The van der Waals surface area contributed by atoms with E-state index in [2.05, 4.69) is 46.0 Å². The first-order chi connectivity index (χ1) is 12.7. The number of guanidine groups is 1. The molecular formula is C21H28IN3O2. The minimum Gasteiger partial charge on any atom is -0.508 e. The van der Waals surface area contributed by atoms with Gasteiger partial charge in [-0.1, -0.05) is 36.8 Å². The fraction of sp³-hybridized carbons (Fsp3) is 0.381. The molecule has 1 aliphatic rings. The van der Waals surface area contributed by atoms with Crippen LogP contribution in [0.25, 0.3) is 0 Å². The third-order valence-corrected chi connectivity index (χ3v) is 5.25. The summed E-state index contributed by atoms with van der Waals surface area (Å²) in [4.78, 5) is 4.31. The van der Waals surface area contributed by atoms with Crippen molar-refractivity contribution < 1.29 is 9.84 Å². The highest BCUT2D eigenvalue weighted by Crippen LogP contribution is 2.43. The first-order valence-electron chi connectivity index (χ1n) is 9.03. The van der Waals surface area contributed by atoms with Crippen molar-refractivity contribution in [3.63, 3.8) is 0 Å². The van der Waals surface area contributed by atoms with Crippen LogP contribution >= 0.6 is 24.0 Å². The van der Waals surface area contributed by atoms with E-state index in [1.54, 1.807) is 26.3 Å². The van der Waals surface area contributed by atoms with Crippen LogP contribution < -0.4 is 15.4 Å². The quantitative estimate of drug-likeness (QED) is 0.334. The van der Waals surface area contributed by atoms with E-state index in [9.17, 15) is 5.11 Å². The Labute approximate surface area is 178 Å². The maximum Gasteiger partial charge on any atom is 0.191 e. The summed E-state index contributed by atoms with van der Waals surface area (Å²) in [5.41, 5.74) is 2.35. The van der Waals surface area contributed by atoms with Crippen molar-refractivity contribution in [1.29, 1.82) is 0 Å². The van der Waals surface area contributed by atoms with Crippen LogP contribution in [0.1, 0.15) is 30.4 Å². The molecule has 0 heterocycles. The van der Waals surface area contributed by atoms with E-state index >= 15 is 0 Å². The van der Waals surface area contributed by atoms with Crippen LogP contribution in [0, 0.1) is 0 Å². The number of hydrogen-bond acceptors (Lipinski definition) is 3. The first-order valence-corrected chi connectivity index (χ1v) is 9.03. The molecule has 0 bridgehead atoms. The standard InChI is InChI=1S/C21H27N3O2.HI/c1-22-20(23-14-16-13-18(26-2)9-10-19(16)25)24-15-21(11-6-12-21)17-7-4-3-5-8-17;/h3-5,7-10,13,25H,6,11-12,14-15H2,1-2H3,(H2,22,23,24);1H. The average Bonchev–Trinajstić information content (AvgIpc) is 2.65. The number of hydrogen-bond donors (Lipinski definition) is 3. The number of halogens is 1. The van der Waals surface area contributed by atoms with Crippen molar-refractivity contribution in [2.24, 2.45) is 4.99 Å². The number of ether oxygens (including phenoxy) is 1. The SMILES string of the molecule is CN=C(NCc1cc(OC)ccc1O)NCC1(c2ccccc2)CCC1.I. The number of aromatic hydroxyl groups is 1. The molecule has 0 radical (unpaired) electrons. The lowest BCUT2D eigenvalue weighted by Crippen LogP contribution is -2.48. The molecule has 27 heavy (non-hydrogen) atoms. The minimum atomic E-state index is 0. The number of nitrogens with zero attached hydrogens (tertiary/aromatic N) is 1. The van der Waals surface area contributed by atoms with Crippen LogP contribution in [0.5, 0.6) is 11.5 Å². The zero-order valence-electron chi connectivity index (χ0n) is 15.9. The minimum absolute atomic E-state index is 0. The number of phenolic OH excluding ortho intramolecular Hbond substituents is 1. The molecule has 0 unspecified atom stereocenters. The Hall–Kier alpha value is -1.96. The third-order valence-electron chi connectivity index (χ3n) is 5.25. The summed E-state index contributed by atoms with van der Waals surface area (Å²) in [7, 11) is 3.38. The predicted octanol–water partition coefficient (Wildman–Crippen LogP) is 3.81. The molecule has 0 saturated heterocycles. The molecule has 0 aliphatic heterocycles. The zero-order chi connectivity index (χ0) is 18.4. The van der Waals surface area contributed by atoms with Crippen LogP contribution in [-0.4, -0.2) is 31.8 Å². The van der Waals surface area contributed by atoms with Gasteiger partial charge in [0, 0.05) is 31.1 Å². The van der Waals surface area contributed by atoms with Gasteiger partial charge < -0.3 is 20.5 Å². The highest BCUT2D eigenvalue weighted by Gasteiger charge is 2.38. The van der Waals surface area contributed by atoms with Crippen LogP contribution in [0.4, 0.5) is 0 Å². The first kappa shape index (κ1) is 21.3. The number of methoxy groups -OCH3 is 1. The number of nitrogens with one attached hydrogen (secondary N) is 2. The summed E-state index contributed by atoms with van der Waals surface area (Å²) >= 11 is 0. The Bertz CT molecular complexity index is 761. The molecule has 3 rings (SSSR count). The summed E-state index contributed by atoms with van der Waals surface area (Å²) in [5, 5.41) is 16.7. The Morgan fingerprint density at radius 2 is 1.89 bits per heavy atom. The molecule has 2 aromatic rings. The van der Waals surface area contributed by atoms with Crippen molar-refractivity contribution >= 4 is 29.9 Å². The molecule has 0 aromatic heterocycles. The van der Waals surface area contributed by atoms with Gasteiger partial charge in [0.1, 0.15) is 11.5 Å². The second-order valence-corrected chi connectivity index (χ2v) is 6.77. The zero-order valence-corrected chi connectivity index (χ0v) is 18.2. The fourth-order valence-corrected chi connectivity index (χ4v) is 3.45. The van der Waals surface area contributed by atoms with Gasteiger partial charge >= 0.3 is 0 Å². The van der Waals surface area contributed by atoms with E-state index < -0.39 is 0 Å². The van der Waals surface area contributed by atoms with Crippen LogP contribution in [0.2, 0.25) is 0 Å². The van der Waals surface area contributed by atoms with Crippen LogP contribution in [0.15, 0.2) is 53.5 Å². The molecule has 2 aromatic carbocycles. The molecule has 1 saturated carbocycles. The van der Waals surface area contributed by atoms with E-state index in [-0.39, 0.29) is 35.1 Å². The fourth-order valence-electron chi connectivity index (χ4n) is 3.45. The largest absolute Gasteiger partial charge is 0.508 e. The Kier molecular flexibility index (Phi) is 7.77. The Morgan fingerprint density at radius 3 is 2.48 bits per heavy atom. The second-order valence-electron chi connectivity index (χ2n) is 6.77. The van der Waals surface area contributed by atoms with Gasteiger partial charge in [0.05, 0.1) is 7.11 Å². The van der Waals surface area contributed by atoms with Crippen molar-refractivity contribution in [1.82, 2.24) is 10.6 Å². The van der Waals surface area contributed by atoms with Gasteiger partial charge in [-0.2, -0.15) is 0 Å². The van der Waals surface area contributed by atoms with E-state index in [4.69, 9.17) is 4.74 Å². The van der Waals surface area contributed by atoms with E-state index in [1.807, 2.05) is 6.07 Å². The summed E-state index contributed by atoms with van der Waals surface area (Å²) in [6.07, 6.45) is 3.65. The van der Waals surface area contributed by atoms with Gasteiger partial charge in [-0.3, -0.25) is 4.99 Å². The topological polar surface area (TPSA) is 65.9 Å². The van der Waals surface area contributed by atoms with Crippen LogP contribution in [0.3, 0.4) is 0 Å². The smallest absolute Gasteiger partial charge is 0.191 e. The van der Waals surface area contributed by atoms with E-state index in [0.717, 1.165) is 23.8 Å². The normalized spacial score (nSPS) is 15.3. The third kappa shape index (κ3) is 5.06. The van der Waals surface area contributed by atoms with Crippen LogP contribution in [-0.2, 0) is 12.0 Å². The summed E-state index contributed by atoms with van der Waals surface area (Å²) < 4.78 is 5.22. The van der Waals surface area contributed by atoms with Crippen molar-refractivity contribution in [3.8, 4) is 11.5 Å². The molecule has 0 atom stereocenters. The van der Waals surface area contributed by atoms with Gasteiger partial charge in [0.2, 0.25) is 0 Å². The number of aliphatic imine (C=N–C) groups is 1. The summed E-state index contributed by atoms with van der Waals surface area (Å²) in [5.74, 6) is 1.70. The second kappa shape index (κ2) is 9.82. The lowest BCUT2D eigenvalue weighted by molar-refractivity contribution is 0.244. The highest BCUT2D eigenvalue weighted by atomic mass is 127. The molecule has 6 heteroatoms.